The molecule has 0 bridgehead atoms. The predicted molar refractivity (Wildman–Crippen MR) is 167 cm³/mol. The molecule has 0 radical (unpaired) electrons. The number of ether oxygens (including phenoxy) is 4. The molecule has 0 saturated carbocycles. The average molecular weight is 607 g/mol. The number of methoxy groups -OCH3 is 2. The smallest absolute Gasteiger partial charge is 0.264 e. The molecule has 0 unspecified atom stereocenters. The summed E-state index contributed by atoms with van der Waals surface area (Å²) in [7, 11) is 3.19. The van der Waals surface area contributed by atoms with Crippen molar-refractivity contribution in [2.75, 3.05) is 60.3 Å². The van der Waals surface area contributed by atoms with Gasteiger partial charge in [-0.2, -0.15) is 0 Å². The summed E-state index contributed by atoms with van der Waals surface area (Å²) >= 11 is 0. The zero-order chi connectivity index (χ0) is 29.1. The van der Waals surface area contributed by atoms with E-state index in [9.17, 15) is 9.90 Å². The molecular weight excluding hydrogens is 572 g/mol. The lowest BCUT2D eigenvalue weighted by molar-refractivity contribution is 0.0323. The molecule has 11 heteroatoms. The van der Waals surface area contributed by atoms with E-state index >= 15 is 0 Å². The number of nitrogens with zero attached hydrogens (tertiary/aromatic N) is 4. The summed E-state index contributed by atoms with van der Waals surface area (Å²) in [6.07, 6.45) is 3.97. The van der Waals surface area contributed by atoms with Crippen LogP contribution in [-0.2, 0) is 11.2 Å². The van der Waals surface area contributed by atoms with Gasteiger partial charge in [-0.1, -0.05) is 6.07 Å². The van der Waals surface area contributed by atoms with Crippen molar-refractivity contribution < 1.29 is 24.1 Å². The van der Waals surface area contributed by atoms with Crippen LogP contribution >= 0.6 is 12.4 Å². The lowest BCUT2D eigenvalue weighted by atomic mass is 9.90. The number of fused-ring (bicyclic) bond motifs is 2. The molecule has 0 amide bonds. The second-order valence-corrected chi connectivity index (χ2v) is 10.3. The highest BCUT2D eigenvalue weighted by molar-refractivity contribution is 6.15. The number of hydrogen-bond donors (Lipinski definition) is 1. The number of hydrogen-bond acceptors (Lipinski definition) is 9. The molecule has 1 atom stereocenters. The topological polar surface area (TPSA) is 108 Å². The molecule has 4 aromatic rings. The second kappa shape index (κ2) is 13.6. The zero-order valence-corrected chi connectivity index (χ0v) is 25.0. The van der Waals surface area contributed by atoms with Crippen molar-refractivity contribution in [1.29, 1.82) is 0 Å². The summed E-state index contributed by atoms with van der Waals surface area (Å²) in [6.45, 7) is 4.53. The fourth-order valence-electron chi connectivity index (χ4n) is 5.56. The molecule has 2 aromatic carbocycles. The number of aliphatic hydroxyl groups excluding tert-OH is 1. The molecular formula is C32H35ClN4O6. The van der Waals surface area contributed by atoms with Crippen molar-refractivity contribution in [2.45, 2.75) is 12.5 Å². The molecule has 10 nitrogen and oxygen atoms in total. The SMILES string of the molecule is COc1cc2c(cc1OC)C(c1ccnc(-n3ccc4c(OCCN5CCOCC5)cccc4c3=O)c1)=N[C@H](CO)C2.Cl. The third-order valence-electron chi connectivity index (χ3n) is 7.78. The van der Waals surface area contributed by atoms with Gasteiger partial charge in [-0.15, -0.1) is 12.4 Å². The number of aliphatic hydroxyl groups is 1. The van der Waals surface area contributed by atoms with Crippen molar-refractivity contribution in [1.82, 2.24) is 14.5 Å². The van der Waals surface area contributed by atoms with E-state index in [1.807, 2.05) is 42.5 Å². The molecule has 43 heavy (non-hydrogen) atoms. The fourth-order valence-corrected chi connectivity index (χ4v) is 5.56. The predicted octanol–water partition coefficient (Wildman–Crippen LogP) is 3.29. The van der Waals surface area contributed by atoms with Crippen molar-refractivity contribution in [3.8, 4) is 23.1 Å². The molecule has 2 aromatic heterocycles. The molecule has 2 aliphatic rings. The van der Waals surface area contributed by atoms with Crippen LogP contribution in [0.3, 0.4) is 0 Å². The van der Waals surface area contributed by atoms with Gasteiger partial charge in [-0.25, -0.2) is 4.98 Å². The van der Waals surface area contributed by atoms with Crippen LogP contribution in [0, 0.1) is 0 Å². The molecule has 4 heterocycles. The first kappa shape index (κ1) is 30.5. The lowest BCUT2D eigenvalue weighted by Crippen LogP contribution is -2.38. The third kappa shape index (κ3) is 6.23. The molecule has 1 N–H and O–H groups in total. The van der Waals surface area contributed by atoms with E-state index in [4.69, 9.17) is 23.9 Å². The number of aliphatic imine (C=N–C) groups is 1. The van der Waals surface area contributed by atoms with Gasteiger partial charge in [0.15, 0.2) is 11.5 Å². The largest absolute Gasteiger partial charge is 0.493 e. The number of morpholine rings is 1. The summed E-state index contributed by atoms with van der Waals surface area (Å²) in [4.78, 5) is 25.4. The Balaban J connectivity index is 0.00000368. The molecule has 1 saturated heterocycles. The number of rotatable bonds is 9. The summed E-state index contributed by atoms with van der Waals surface area (Å²) in [5, 5.41) is 11.3. The zero-order valence-electron chi connectivity index (χ0n) is 24.2. The van der Waals surface area contributed by atoms with Gasteiger partial charge < -0.3 is 24.1 Å². The Bertz CT molecular complexity index is 1680. The third-order valence-corrected chi connectivity index (χ3v) is 7.78. The first-order valence-corrected chi connectivity index (χ1v) is 14.1. The molecule has 2 aliphatic heterocycles. The number of benzene rings is 2. The van der Waals surface area contributed by atoms with Crippen LogP contribution in [0.4, 0.5) is 0 Å². The van der Waals surface area contributed by atoms with Crippen molar-refractivity contribution >= 4 is 28.9 Å². The molecule has 1 fully saturated rings. The van der Waals surface area contributed by atoms with Crippen LogP contribution in [0.25, 0.3) is 16.6 Å². The van der Waals surface area contributed by atoms with Gasteiger partial charge in [0.1, 0.15) is 18.2 Å². The van der Waals surface area contributed by atoms with Gasteiger partial charge in [-0.05, 0) is 54.4 Å². The maximum atomic E-state index is 13.7. The summed E-state index contributed by atoms with van der Waals surface area (Å²) in [6, 6.07) is 14.7. The van der Waals surface area contributed by atoms with Gasteiger partial charge in [0, 0.05) is 48.5 Å². The van der Waals surface area contributed by atoms with Crippen molar-refractivity contribution in [3.05, 3.63) is 88.0 Å². The van der Waals surface area contributed by atoms with E-state index in [2.05, 4.69) is 9.88 Å². The van der Waals surface area contributed by atoms with Crippen LogP contribution in [0.2, 0.25) is 0 Å². The molecule has 0 aliphatic carbocycles. The Hall–Kier alpha value is -3.96. The highest BCUT2D eigenvalue weighted by atomic mass is 35.5. The normalized spacial score (nSPS) is 16.6. The van der Waals surface area contributed by atoms with Crippen LogP contribution in [0.1, 0.15) is 16.7 Å². The van der Waals surface area contributed by atoms with Crippen LogP contribution in [0.15, 0.2) is 70.7 Å². The number of halogens is 1. The van der Waals surface area contributed by atoms with Gasteiger partial charge >= 0.3 is 0 Å². The van der Waals surface area contributed by atoms with E-state index in [0.29, 0.717) is 47.2 Å². The van der Waals surface area contributed by atoms with E-state index in [-0.39, 0.29) is 30.6 Å². The van der Waals surface area contributed by atoms with Crippen LogP contribution in [-0.4, -0.2) is 91.6 Å². The maximum absolute atomic E-state index is 13.7. The Labute approximate surface area is 255 Å². The number of aromatic nitrogens is 2. The minimum Gasteiger partial charge on any atom is -0.493 e. The van der Waals surface area contributed by atoms with E-state index in [1.54, 1.807) is 32.7 Å². The fraction of sp³-hybridized carbons (Fsp3) is 0.344. The number of pyridine rings is 2. The first-order valence-electron chi connectivity index (χ1n) is 14.1. The van der Waals surface area contributed by atoms with E-state index in [0.717, 1.165) is 54.9 Å². The summed E-state index contributed by atoms with van der Waals surface area (Å²) in [5.74, 6) is 2.36. The summed E-state index contributed by atoms with van der Waals surface area (Å²) < 4.78 is 24.1. The Morgan fingerprint density at radius 1 is 1.00 bits per heavy atom. The maximum Gasteiger partial charge on any atom is 0.264 e. The molecule has 6 rings (SSSR count). The highest BCUT2D eigenvalue weighted by Crippen LogP contribution is 2.35. The minimum atomic E-state index is -0.299. The van der Waals surface area contributed by atoms with E-state index in [1.165, 1.54) is 4.57 Å². The van der Waals surface area contributed by atoms with Crippen molar-refractivity contribution in [2.24, 2.45) is 4.99 Å². The quantitative estimate of drug-likeness (QED) is 0.309. The van der Waals surface area contributed by atoms with Gasteiger partial charge in [0.2, 0.25) is 0 Å². The first-order chi connectivity index (χ1) is 20.6. The minimum absolute atomic E-state index is 0. The van der Waals surface area contributed by atoms with Gasteiger partial charge in [0.25, 0.3) is 5.56 Å². The summed E-state index contributed by atoms with van der Waals surface area (Å²) in [5.41, 5.74) is 3.17. The second-order valence-electron chi connectivity index (χ2n) is 10.3. The van der Waals surface area contributed by atoms with E-state index < -0.39 is 0 Å². The Kier molecular flexibility index (Phi) is 9.62. The average Bonchev–Trinajstić information content (AvgIpc) is 3.04. The Morgan fingerprint density at radius 2 is 1.79 bits per heavy atom. The van der Waals surface area contributed by atoms with Crippen molar-refractivity contribution in [3.63, 3.8) is 0 Å². The Morgan fingerprint density at radius 3 is 2.56 bits per heavy atom. The monoisotopic (exact) mass is 606 g/mol. The highest BCUT2D eigenvalue weighted by Gasteiger charge is 2.25. The standard InChI is InChI=1S/C32H34N4O6.ClH/c1-39-28-17-22-16-23(20-37)34-31(26(22)19-29(28)40-2)21-6-8-33-30(18-21)36-9-7-24-25(32(36)38)4-3-5-27(24)42-15-12-35-10-13-41-14-11-35;/h3-9,17-19,23,37H,10-16,20H2,1-2H3;1H/t23-;/m0./s1. The van der Waals surface area contributed by atoms with Crippen LogP contribution in [0.5, 0.6) is 17.2 Å². The molecule has 226 valence electrons. The molecule has 0 spiro atoms. The van der Waals surface area contributed by atoms with Gasteiger partial charge in [0.05, 0.1) is 51.2 Å². The van der Waals surface area contributed by atoms with Gasteiger partial charge in [-0.3, -0.25) is 19.3 Å². The van der Waals surface area contributed by atoms with Crippen LogP contribution < -0.4 is 19.8 Å². The lowest BCUT2D eigenvalue weighted by Gasteiger charge is -2.26.